The lowest BCUT2D eigenvalue weighted by molar-refractivity contribution is -0.136. The van der Waals surface area contributed by atoms with Crippen LogP contribution in [0.25, 0.3) is 10.9 Å². The van der Waals surface area contributed by atoms with Crippen molar-refractivity contribution in [1.82, 2.24) is 25.3 Å². The molecule has 222 valence electrons. The molecule has 1 atom stereocenters. The van der Waals surface area contributed by atoms with E-state index in [1.54, 1.807) is 12.1 Å². The number of piperazine rings is 1. The number of piperidine rings is 1. The van der Waals surface area contributed by atoms with Gasteiger partial charge < -0.3 is 15.5 Å². The number of hydrogen-bond acceptors (Lipinski definition) is 8. The first kappa shape index (κ1) is 26.4. The number of hydrogen-bond donors (Lipinski definition) is 3. The first-order chi connectivity index (χ1) is 21.0. The highest BCUT2D eigenvalue weighted by molar-refractivity contribution is 6.25. The number of nitrogens with zero attached hydrogens (tertiary/aromatic N) is 4. The summed E-state index contributed by atoms with van der Waals surface area (Å²) >= 11 is 0. The summed E-state index contributed by atoms with van der Waals surface area (Å²) < 4.78 is 2.27. The molecule has 8 rings (SSSR count). The molecule has 0 spiro atoms. The first-order valence-corrected chi connectivity index (χ1v) is 15.5. The minimum atomic E-state index is -0.971. The molecule has 3 aliphatic heterocycles. The molecule has 3 aromatic rings. The predicted molar refractivity (Wildman–Crippen MR) is 160 cm³/mol. The minimum absolute atomic E-state index is 0.0997. The van der Waals surface area contributed by atoms with Crippen molar-refractivity contribution in [2.24, 2.45) is 5.92 Å². The van der Waals surface area contributed by atoms with E-state index in [0.29, 0.717) is 41.2 Å². The molecule has 2 aliphatic carbocycles. The van der Waals surface area contributed by atoms with Crippen LogP contribution in [0.4, 0.5) is 11.4 Å². The van der Waals surface area contributed by atoms with E-state index in [-0.39, 0.29) is 18.7 Å². The van der Waals surface area contributed by atoms with Crippen molar-refractivity contribution in [3.8, 4) is 0 Å². The largest absolute Gasteiger partial charge is 0.384 e. The van der Waals surface area contributed by atoms with E-state index in [0.717, 1.165) is 43.9 Å². The van der Waals surface area contributed by atoms with Gasteiger partial charge in [0.15, 0.2) is 0 Å². The molecule has 43 heavy (non-hydrogen) atoms. The van der Waals surface area contributed by atoms with Crippen LogP contribution in [0.2, 0.25) is 0 Å². The quantitative estimate of drug-likeness (QED) is 0.364. The van der Waals surface area contributed by atoms with Crippen molar-refractivity contribution in [2.75, 3.05) is 42.9 Å². The van der Waals surface area contributed by atoms with Gasteiger partial charge in [-0.1, -0.05) is 6.07 Å². The molecule has 2 aromatic carbocycles. The van der Waals surface area contributed by atoms with Crippen LogP contribution in [-0.2, 0) is 9.59 Å². The van der Waals surface area contributed by atoms with Gasteiger partial charge in [-0.25, -0.2) is 0 Å². The maximum atomic E-state index is 13.4. The highest BCUT2D eigenvalue weighted by Gasteiger charge is 2.46. The van der Waals surface area contributed by atoms with Crippen molar-refractivity contribution in [1.29, 1.82) is 0 Å². The summed E-state index contributed by atoms with van der Waals surface area (Å²) in [7, 11) is 0. The van der Waals surface area contributed by atoms with Crippen molar-refractivity contribution < 1.29 is 19.2 Å². The molecule has 4 fully saturated rings. The van der Waals surface area contributed by atoms with Crippen molar-refractivity contribution in [3.05, 3.63) is 53.2 Å². The lowest BCUT2D eigenvalue weighted by Gasteiger charge is -2.36. The van der Waals surface area contributed by atoms with E-state index in [1.807, 2.05) is 6.07 Å². The summed E-state index contributed by atoms with van der Waals surface area (Å²) in [5.41, 5.74) is 4.94. The normalized spacial score (nSPS) is 25.6. The second-order valence-corrected chi connectivity index (χ2v) is 12.6. The van der Waals surface area contributed by atoms with E-state index in [1.165, 1.54) is 35.1 Å². The van der Waals surface area contributed by atoms with Gasteiger partial charge in [-0.15, -0.1) is 0 Å². The Balaban J connectivity index is 0.970. The number of anilines is 2. The van der Waals surface area contributed by atoms with Gasteiger partial charge in [-0.2, -0.15) is 5.10 Å². The Hall–Kier alpha value is -4.25. The summed E-state index contributed by atoms with van der Waals surface area (Å²) in [6.07, 6.45) is 4.64. The van der Waals surface area contributed by atoms with Crippen LogP contribution in [0.5, 0.6) is 0 Å². The molecular formula is C32H35N7O4. The fourth-order valence-corrected chi connectivity index (χ4v) is 7.19. The van der Waals surface area contributed by atoms with Gasteiger partial charge in [0, 0.05) is 61.8 Å². The third kappa shape index (κ3) is 4.48. The summed E-state index contributed by atoms with van der Waals surface area (Å²) in [5, 5.41) is 15.6. The molecule has 11 nitrogen and oxygen atoms in total. The zero-order valence-electron chi connectivity index (χ0n) is 24.0. The van der Waals surface area contributed by atoms with Gasteiger partial charge in [-0.05, 0) is 68.4 Å². The first-order valence-electron chi connectivity index (χ1n) is 15.5. The van der Waals surface area contributed by atoms with Crippen LogP contribution < -0.4 is 20.9 Å². The molecule has 1 unspecified atom stereocenters. The van der Waals surface area contributed by atoms with Crippen LogP contribution in [0.3, 0.4) is 0 Å². The number of carbonyl (C=O) groups excluding carboxylic acids is 4. The van der Waals surface area contributed by atoms with Crippen LogP contribution in [0.1, 0.15) is 76.9 Å². The summed E-state index contributed by atoms with van der Waals surface area (Å²) in [5.74, 6) is -0.979. The second kappa shape index (κ2) is 10.2. The number of amides is 4. The van der Waals surface area contributed by atoms with Crippen LogP contribution in [0.15, 0.2) is 36.4 Å². The number of nitrogens with one attached hydrogen (secondary N) is 3. The zero-order valence-corrected chi connectivity index (χ0v) is 24.0. The Bertz CT molecular complexity index is 1670. The van der Waals surface area contributed by atoms with Crippen molar-refractivity contribution in [3.63, 3.8) is 0 Å². The average Bonchev–Trinajstić information content (AvgIpc) is 3.73. The van der Waals surface area contributed by atoms with E-state index >= 15 is 0 Å². The Morgan fingerprint density at radius 1 is 0.953 bits per heavy atom. The van der Waals surface area contributed by atoms with E-state index < -0.39 is 23.8 Å². The molecule has 4 heterocycles. The van der Waals surface area contributed by atoms with Gasteiger partial charge >= 0.3 is 0 Å². The molecule has 2 saturated carbocycles. The number of aromatic nitrogens is 2. The van der Waals surface area contributed by atoms with Gasteiger partial charge in [0.25, 0.3) is 11.8 Å². The Labute approximate surface area is 248 Å². The van der Waals surface area contributed by atoms with Gasteiger partial charge in [-0.3, -0.25) is 34.1 Å². The fourth-order valence-electron chi connectivity index (χ4n) is 7.19. The standard InChI is InChI=1S/C32H35N7O4/c40-27-9-8-25(30(41)35-27)38-31(42)23-2-1-3-24(28(23)32(38)43)34-17-18-14-21(15-18)39-26-16-20(37-12-10-33-11-13-37)6-7-22(26)29(36-39)19-4-5-19/h1-3,6-7,16,18-19,21,25,33-34H,4-5,8-15,17H2,(H,35,40,41). The molecule has 2 saturated heterocycles. The van der Waals surface area contributed by atoms with Crippen LogP contribution >= 0.6 is 0 Å². The summed E-state index contributed by atoms with van der Waals surface area (Å²) in [6.45, 7) is 4.69. The molecule has 1 aromatic heterocycles. The smallest absolute Gasteiger partial charge is 0.264 e. The van der Waals surface area contributed by atoms with E-state index in [2.05, 4.69) is 43.7 Å². The highest BCUT2D eigenvalue weighted by atomic mass is 16.2. The second-order valence-electron chi connectivity index (χ2n) is 12.6. The summed E-state index contributed by atoms with van der Waals surface area (Å²) in [6, 6.07) is 11.4. The van der Waals surface area contributed by atoms with E-state index in [4.69, 9.17) is 5.10 Å². The van der Waals surface area contributed by atoms with Crippen molar-refractivity contribution in [2.45, 2.75) is 56.5 Å². The minimum Gasteiger partial charge on any atom is -0.384 e. The lowest BCUT2D eigenvalue weighted by Crippen LogP contribution is -2.54. The Morgan fingerprint density at radius 3 is 2.53 bits per heavy atom. The number of imide groups is 2. The maximum Gasteiger partial charge on any atom is 0.264 e. The average molecular weight is 582 g/mol. The Morgan fingerprint density at radius 2 is 1.77 bits per heavy atom. The van der Waals surface area contributed by atoms with E-state index in [9.17, 15) is 19.2 Å². The molecule has 0 bridgehead atoms. The molecule has 3 N–H and O–H groups in total. The maximum absolute atomic E-state index is 13.4. The number of carbonyl (C=O) groups is 4. The molecule has 4 amide bonds. The Kier molecular flexibility index (Phi) is 6.25. The number of rotatable bonds is 7. The highest BCUT2D eigenvalue weighted by Crippen LogP contribution is 2.46. The van der Waals surface area contributed by atoms with Gasteiger partial charge in [0.2, 0.25) is 11.8 Å². The lowest BCUT2D eigenvalue weighted by atomic mass is 9.80. The monoisotopic (exact) mass is 581 g/mol. The topological polar surface area (TPSA) is 129 Å². The van der Waals surface area contributed by atoms with Gasteiger partial charge in [0.1, 0.15) is 6.04 Å². The SMILES string of the molecule is O=C1CCC(N2C(=O)c3cccc(NCC4CC(n5nc(C6CC6)c6ccc(N7CCNCC7)cc65)C4)c3C2=O)C(=O)N1. The molecule has 5 aliphatic rings. The summed E-state index contributed by atoms with van der Waals surface area (Å²) in [4.78, 5) is 54.1. The molecule has 0 radical (unpaired) electrons. The molecule has 11 heteroatoms. The number of benzene rings is 2. The predicted octanol–water partition coefficient (Wildman–Crippen LogP) is 2.79. The van der Waals surface area contributed by atoms with Gasteiger partial charge in [0.05, 0.1) is 28.4 Å². The zero-order chi connectivity index (χ0) is 29.2. The fraction of sp³-hybridized carbons (Fsp3) is 0.469. The molecular weight excluding hydrogens is 546 g/mol. The van der Waals surface area contributed by atoms with Crippen molar-refractivity contribution >= 4 is 45.9 Å². The van der Waals surface area contributed by atoms with Crippen LogP contribution in [0, 0.1) is 5.92 Å². The van der Waals surface area contributed by atoms with Crippen LogP contribution in [-0.4, -0.2) is 77.1 Å². The third-order valence-corrected chi connectivity index (χ3v) is 9.77. The third-order valence-electron chi connectivity index (χ3n) is 9.77. The number of fused-ring (bicyclic) bond motifs is 2.